The summed E-state index contributed by atoms with van der Waals surface area (Å²) in [6, 6.07) is 4.33. The minimum atomic E-state index is 0.782. The molecule has 2 rings (SSSR count). The van der Waals surface area contributed by atoms with Crippen LogP contribution in [-0.2, 0) is 6.54 Å². The predicted molar refractivity (Wildman–Crippen MR) is 75.8 cm³/mol. The number of rotatable bonds is 4. The number of thioether (sulfide) groups is 1. The van der Waals surface area contributed by atoms with Crippen molar-refractivity contribution in [3.8, 4) is 0 Å². The maximum atomic E-state index is 4.37. The Kier molecular flexibility index (Phi) is 4.68. The zero-order chi connectivity index (χ0) is 12.1. The first-order valence-electron chi connectivity index (χ1n) is 6.29. The average molecular weight is 251 g/mol. The second-order valence-corrected chi connectivity index (χ2v) is 5.79. The molecule has 1 aliphatic heterocycles. The van der Waals surface area contributed by atoms with E-state index in [9.17, 15) is 0 Å². The summed E-state index contributed by atoms with van der Waals surface area (Å²) < 4.78 is 0. The predicted octanol–water partition coefficient (Wildman–Crippen LogP) is 2.13. The molecule has 1 aromatic heterocycles. The van der Waals surface area contributed by atoms with E-state index >= 15 is 0 Å². The summed E-state index contributed by atoms with van der Waals surface area (Å²) in [5.74, 6) is 1.24. The Morgan fingerprint density at radius 2 is 2.47 bits per heavy atom. The van der Waals surface area contributed by atoms with E-state index in [0.29, 0.717) is 0 Å². The normalized spacial score (nSPS) is 20.6. The zero-order valence-corrected chi connectivity index (χ0v) is 11.5. The molecule has 1 atom stereocenters. The summed E-state index contributed by atoms with van der Waals surface area (Å²) in [5.41, 5.74) is 2.44. The first kappa shape index (κ1) is 12.7. The van der Waals surface area contributed by atoms with Gasteiger partial charge in [-0.25, -0.2) is 0 Å². The Morgan fingerprint density at radius 1 is 1.59 bits per heavy atom. The molecule has 1 unspecified atom stereocenters. The van der Waals surface area contributed by atoms with Crippen LogP contribution >= 0.6 is 11.8 Å². The number of hydrogen-bond acceptors (Lipinski definition) is 4. The van der Waals surface area contributed by atoms with Gasteiger partial charge in [0, 0.05) is 42.5 Å². The Bertz CT molecular complexity index is 356. The van der Waals surface area contributed by atoms with Crippen molar-refractivity contribution in [2.24, 2.45) is 0 Å². The molecular formula is C13H21N3S. The fourth-order valence-electron chi connectivity index (χ4n) is 2.14. The summed E-state index contributed by atoms with van der Waals surface area (Å²) in [4.78, 5) is 6.86. The third-order valence-corrected chi connectivity index (χ3v) is 4.49. The van der Waals surface area contributed by atoms with Crippen LogP contribution in [0.5, 0.6) is 0 Å². The van der Waals surface area contributed by atoms with Crippen molar-refractivity contribution in [1.82, 2.24) is 10.3 Å². The van der Waals surface area contributed by atoms with Gasteiger partial charge in [-0.2, -0.15) is 11.8 Å². The van der Waals surface area contributed by atoms with Crippen molar-refractivity contribution in [2.75, 3.05) is 30.8 Å². The fourth-order valence-corrected chi connectivity index (χ4v) is 3.32. The number of nitrogens with zero attached hydrogens (tertiary/aromatic N) is 2. The van der Waals surface area contributed by atoms with E-state index in [1.165, 1.54) is 24.4 Å². The van der Waals surface area contributed by atoms with E-state index in [4.69, 9.17) is 0 Å². The SMILES string of the molecule is CCC1CN(c2ccnc(CNC)c2)CCS1. The molecule has 0 aliphatic carbocycles. The first-order chi connectivity index (χ1) is 8.33. The van der Waals surface area contributed by atoms with Crippen molar-refractivity contribution in [3.05, 3.63) is 24.0 Å². The molecule has 17 heavy (non-hydrogen) atoms. The highest BCUT2D eigenvalue weighted by Crippen LogP contribution is 2.25. The molecule has 94 valence electrons. The van der Waals surface area contributed by atoms with Gasteiger partial charge in [-0.3, -0.25) is 4.98 Å². The molecule has 0 aromatic carbocycles. The third kappa shape index (κ3) is 3.36. The quantitative estimate of drug-likeness (QED) is 0.887. The molecule has 0 saturated carbocycles. The summed E-state index contributed by atoms with van der Waals surface area (Å²) in [7, 11) is 1.96. The van der Waals surface area contributed by atoms with Crippen LogP contribution in [0.4, 0.5) is 5.69 Å². The molecule has 0 bridgehead atoms. The number of pyridine rings is 1. The smallest absolute Gasteiger partial charge is 0.0562 e. The molecule has 0 radical (unpaired) electrons. The van der Waals surface area contributed by atoms with Crippen LogP contribution in [0.1, 0.15) is 19.0 Å². The fraction of sp³-hybridized carbons (Fsp3) is 0.615. The van der Waals surface area contributed by atoms with E-state index in [2.05, 4.69) is 46.0 Å². The summed E-state index contributed by atoms with van der Waals surface area (Å²) in [6.45, 7) is 5.45. The molecule has 3 nitrogen and oxygen atoms in total. The highest BCUT2D eigenvalue weighted by Gasteiger charge is 2.19. The van der Waals surface area contributed by atoms with E-state index in [1.54, 1.807) is 0 Å². The van der Waals surface area contributed by atoms with Crippen LogP contribution in [-0.4, -0.2) is 36.1 Å². The van der Waals surface area contributed by atoms with E-state index in [1.807, 2.05) is 13.2 Å². The standard InChI is InChI=1S/C13H21N3S/c1-3-13-10-16(6-7-17-13)12-4-5-15-11(8-12)9-14-2/h4-5,8,13-14H,3,6-7,9-10H2,1-2H3. The van der Waals surface area contributed by atoms with Crippen LogP contribution in [0.2, 0.25) is 0 Å². The lowest BCUT2D eigenvalue weighted by molar-refractivity contribution is 0.725. The minimum absolute atomic E-state index is 0.782. The topological polar surface area (TPSA) is 28.2 Å². The average Bonchev–Trinajstić information content (AvgIpc) is 2.40. The molecule has 4 heteroatoms. The molecule has 0 amide bonds. The van der Waals surface area contributed by atoms with Crippen LogP contribution < -0.4 is 10.2 Å². The maximum Gasteiger partial charge on any atom is 0.0562 e. The number of hydrogen-bond donors (Lipinski definition) is 1. The van der Waals surface area contributed by atoms with Gasteiger partial charge < -0.3 is 10.2 Å². The van der Waals surface area contributed by atoms with Gasteiger partial charge >= 0.3 is 0 Å². The molecule has 1 aromatic rings. The number of nitrogens with one attached hydrogen (secondary N) is 1. The maximum absolute atomic E-state index is 4.37. The van der Waals surface area contributed by atoms with E-state index in [0.717, 1.165) is 24.0 Å². The Morgan fingerprint density at radius 3 is 3.24 bits per heavy atom. The third-order valence-electron chi connectivity index (χ3n) is 3.12. The van der Waals surface area contributed by atoms with Gasteiger partial charge in [-0.05, 0) is 25.6 Å². The minimum Gasteiger partial charge on any atom is -0.369 e. The lowest BCUT2D eigenvalue weighted by Gasteiger charge is -2.33. The second kappa shape index (κ2) is 6.26. The van der Waals surface area contributed by atoms with E-state index in [-0.39, 0.29) is 0 Å². The van der Waals surface area contributed by atoms with Crippen LogP contribution in [0.25, 0.3) is 0 Å². The van der Waals surface area contributed by atoms with Crippen molar-refractivity contribution < 1.29 is 0 Å². The summed E-state index contributed by atoms with van der Waals surface area (Å²) in [5, 5.41) is 3.93. The molecule has 0 spiro atoms. The van der Waals surface area contributed by atoms with Crippen molar-refractivity contribution >= 4 is 17.4 Å². The van der Waals surface area contributed by atoms with Gasteiger partial charge in [-0.15, -0.1) is 0 Å². The van der Waals surface area contributed by atoms with Gasteiger partial charge in [0.05, 0.1) is 5.69 Å². The monoisotopic (exact) mass is 251 g/mol. The van der Waals surface area contributed by atoms with Crippen molar-refractivity contribution in [3.63, 3.8) is 0 Å². The summed E-state index contributed by atoms with van der Waals surface area (Å²) in [6.07, 6.45) is 3.18. The van der Waals surface area contributed by atoms with Gasteiger partial charge in [0.25, 0.3) is 0 Å². The van der Waals surface area contributed by atoms with Crippen molar-refractivity contribution in [2.45, 2.75) is 25.1 Å². The highest BCUT2D eigenvalue weighted by molar-refractivity contribution is 8.00. The van der Waals surface area contributed by atoms with Gasteiger partial charge in [-0.1, -0.05) is 6.92 Å². The van der Waals surface area contributed by atoms with Gasteiger partial charge in [0.15, 0.2) is 0 Å². The van der Waals surface area contributed by atoms with Gasteiger partial charge in [0.2, 0.25) is 0 Å². The second-order valence-electron chi connectivity index (χ2n) is 4.38. The van der Waals surface area contributed by atoms with Crippen LogP contribution in [0.3, 0.4) is 0 Å². The molecule has 1 aliphatic rings. The van der Waals surface area contributed by atoms with Crippen LogP contribution in [0, 0.1) is 0 Å². The number of aromatic nitrogens is 1. The van der Waals surface area contributed by atoms with E-state index < -0.39 is 0 Å². The van der Waals surface area contributed by atoms with Crippen LogP contribution in [0.15, 0.2) is 18.3 Å². The molecule has 1 fully saturated rings. The lowest BCUT2D eigenvalue weighted by Crippen LogP contribution is -2.37. The largest absolute Gasteiger partial charge is 0.369 e. The number of anilines is 1. The lowest BCUT2D eigenvalue weighted by atomic mass is 10.2. The molecule has 2 heterocycles. The summed E-state index contributed by atoms with van der Waals surface area (Å²) >= 11 is 2.11. The molecular weight excluding hydrogens is 230 g/mol. The zero-order valence-electron chi connectivity index (χ0n) is 10.6. The Hall–Kier alpha value is -0.740. The molecule has 1 saturated heterocycles. The molecule has 1 N–H and O–H groups in total. The first-order valence-corrected chi connectivity index (χ1v) is 7.34. The van der Waals surface area contributed by atoms with Crippen molar-refractivity contribution in [1.29, 1.82) is 0 Å². The highest BCUT2D eigenvalue weighted by atomic mass is 32.2. The van der Waals surface area contributed by atoms with Gasteiger partial charge in [0.1, 0.15) is 0 Å². The Labute approximate surface area is 108 Å². The Balaban J connectivity index is 2.07.